The first-order valence-corrected chi connectivity index (χ1v) is 9.54. The van der Waals surface area contributed by atoms with Crippen molar-refractivity contribution in [3.63, 3.8) is 0 Å². The molecule has 9 heteroatoms. The predicted octanol–water partition coefficient (Wildman–Crippen LogP) is 2.96. The second-order valence-corrected chi connectivity index (χ2v) is 8.67. The molecule has 0 unspecified atom stereocenters. The number of anilines is 1. The number of H-pyrrole nitrogens is 1. The van der Waals surface area contributed by atoms with Gasteiger partial charge in [-0.15, -0.1) is 0 Å². The molecule has 126 valence electrons. The average Bonchev–Trinajstić information content (AvgIpc) is 3.04. The number of rotatable bonds is 5. The highest BCUT2D eigenvalue weighted by Gasteiger charge is 2.20. The van der Waals surface area contributed by atoms with Crippen LogP contribution in [0, 0.1) is 0 Å². The molecular weight excluding hydrogens is 348 g/mol. The van der Waals surface area contributed by atoms with Crippen LogP contribution in [0.2, 0.25) is 0 Å². The quantitative estimate of drug-likeness (QED) is 0.601. The van der Waals surface area contributed by atoms with Gasteiger partial charge in [-0.3, -0.25) is 9.82 Å². The Hall–Kier alpha value is -2.26. The van der Waals surface area contributed by atoms with Crippen LogP contribution in [0.1, 0.15) is 13.8 Å². The summed E-state index contributed by atoms with van der Waals surface area (Å²) in [4.78, 5) is 4.49. The minimum absolute atomic E-state index is 0.0690. The van der Waals surface area contributed by atoms with E-state index in [-0.39, 0.29) is 5.75 Å². The van der Waals surface area contributed by atoms with Gasteiger partial charge in [-0.2, -0.15) is 5.10 Å². The number of benzene rings is 2. The van der Waals surface area contributed by atoms with Gasteiger partial charge in [0.25, 0.3) is 0 Å². The molecule has 1 aromatic heterocycles. The van der Waals surface area contributed by atoms with Crippen molar-refractivity contribution in [1.29, 1.82) is 0 Å². The molecule has 0 amide bonds. The van der Waals surface area contributed by atoms with Crippen LogP contribution < -0.4 is 4.72 Å². The van der Waals surface area contributed by atoms with E-state index in [2.05, 4.69) is 19.9 Å². The Balaban J connectivity index is 2.15. The molecule has 0 saturated heterocycles. The minimum atomic E-state index is -3.51. The summed E-state index contributed by atoms with van der Waals surface area (Å²) in [5.41, 5.74) is 0.416. The molecule has 7 nitrogen and oxygen atoms in total. The lowest BCUT2D eigenvalue weighted by molar-refractivity contribution is 0.469. The number of fused-ring (bicyclic) bond motifs is 1. The molecule has 3 N–H and O–H groups in total. The highest BCUT2D eigenvalue weighted by molar-refractivity contribution is 7.99. The molecule has 2 aromatic carbocycles. The van der Waals surface area contributed by atoms with Gasteiger partial charge < -0.3 is 5.11 Å². The maximum atomic E-state index is 12.2. The van der Waals surface area contributed by atoms with Crippen molar-refractivity contribution < 1.29 is 13.5 Å². The number of sulfonamides is 1. The fraction of sp³-hybridized carbons (Fsp3) is 0.200. The van der Waals surface area contributed by atoms with Crippen LogP contribution >= 0.6 is 11.8 Å². The van der Waals surface area contributed by atoms with Gasteiger partial charge in [-0.1, -0.05) is 24.3 Å². The van der Waals surface area contributed by atoms with Crippen molar-refractivity contribution in [3.8, 4) is 5.75 Å². The van der Waals surface area contributed by atoms with Gasteiger partial charge in [0.2, 0.25) is 10.0 Å². The van der Waals surface area contributed by atoms with E-state index in [9.17, 15) is 13.5 Å². The molecule has 0 aliphatic carbocycles. The lowest BCUT2D eigenvalue weighted by Crippen LogP contribution is -2.22. The highest BCUT2D eigenvalue weighted by atomic mass is 32.2. The standard InChI is InChI=1S/C15H16N4O3S2/c1-9(2)24(21,22)19-12-7-13(23-15-16-8-17-18-15)14(20)11-6-4-3-5-10(11)12/h3-9,19-20H,1-2H3,(H,16,17,18). The van der Waals surface area contributed by atoms with Crippen LogP contribution in [0.25, 0.3) is 10.8 Å². The summed E-state index contributed by atoms with van der Waals surface area (Å²) in [7, 11) is -3.51. The number of phenols is 1. The Labute approximate surface area is 143 Å². The van der Waals surface area contributed by atoms with Gasteiger partial charge in [0, 0.05) is 10.8 Å². The second-order valence-electron chi connectivity index (χ2n) is 5.40. The van der Waals surface area contributed by atoms with Crippen molar-refractivity contribution in [1.82, 2.24) is 15.2 Å². The first-order valence-electron chi connectivity index (χ1n) is 7.18. The van der Waals surface area contributed by atoms with Crippen LogP contribution in [0.5, 0.6) is 5.75 Å². The molecule has 3 aromatic rings. The van der Waals surface area contributed by atoms with E-state index in [1.54, 1.807) is 44.2 Å². The number of aromatic nitrogens is 3. The third-order valence-electron chi connectivity index (χ3n) is 3.45. The third-order valence-corrected chi connectivity index (χ3v) is 6.12. The Morgan fingerprint density at radius 3 is 2.58 bits per heavy atom. The molecule has 0 aliphatic heterocycles. The SMILES string of the molecule is CC(C)S(=O)(=O)Nc1cc(Sc2ncn[nH]2)c(O)c2ccccc12. The van der Waals surface area contributed by atoms with Crippen molar-refractivity contribution in [3.05, 3.63) is 36.7 Å². The first-order chi connectivity index (χ1) is 11.4. The number of aromatic hydroxyl groups is 1. The van der Waals surface area contributed by atoms with E-state index in [0.29, 0.717) is 26.5 Å². The first kappa shape index (κ1) is 16.6. The maximum absolute atomic E-state index is 12.2. The Morgan fingerprint density at radius 2 is 1.96 bits per heavy atom. The van der Waals surface area contributed by atoms with Crippen LogP contribution in [0.15, 0.2) is 46.7 Å². The summed E-state index contributed by atoms with van der Waals surface area (Å²) in [6.07, 6.45) is 1.36. The summed E-state index contributed by atoms with van der Waals surface area (Å²) in [6, 6.07) is 8.67. The molecule has 0 aliphatic rings. The van der Waals surface area contributed by atoms with Crippen LogP contribution in [-0.2, 0) is 10.0 Å². The van der Waals surface area contributed by atoms with E-state index in [0.717, 1.165) is 0 Å². The summed E-state index contributed by atoms with van der Waals surface area (Å²) in [6.45, 7) is 3.21. The van der Waals surface area contributed by atoms with E-state index < -0.39 is 15.3 Å². The molecule has 1 heterocycles. The summed E-state index contributed by atoms with van der Waals surface area (Å²) >= 11 is 1.17. The topological polar surface area (TPSA) is 108 Å². The minimum Gasteiger partial charge on any atom is -0.506 e. The van der Waals surface area contributed by atoms with Crippen molar-refractivity contribution in [2.24, 2.45) is 0 Å². The van der Waals surface area contributed by atoms with Gasteiger partial charge in [0.1, 0.15) is 12.1 Å². The Bertz CT molecular complexity index is 970. The van der Waals surface area contributed by atoms with Crippen molar-refractivity contribution >= 4 is 38.2 Å². The lowest BCUT2D eigenvalue weighted by Gasteiger charge is -2.15. The maximum Gasteiger partial charge on any atom is 0.235 e. The van der Waals surface area contributed by atoms with E-state index in [1.165, 1.54) is 18.1 Å². The molecule has 0 saturated carbocycles. The summed E-state index contributed by atoms with van der Waals surface area (Å²) in [5, 5.41) is 18.1. The van der Waals surface area contributed by atoms with Crippen LogP contribution in [-0.4, -0.2) is 34.0 Å². The summed E-state index contributed by atoms with van der Waals surface area (Å²) in [5.74, 6) is 0.0690. The zero-order valence-corrected chi connectivity index (χ0v) is 14.6. The molecule has 0 radical (unpaired) electrons. The third kappa shape index (κ3) is 3.17. The van der Waals surface area contributed by atoms with E-state index in [4.69, 9.17) is 0 Å². The number of phenolic OH excluding ortho intramolecular Hbond substituents is 1. The average molecular weight is 364 g/mol. The molecule has 0 fully saturated rings. The van der Waals surface area contributed by atoms with Gasteiger partial charge in [-0.05, 0) is 31.7 Å². The summed E-state index contributed by atoms with van der Waals surface area (Å²) < 4.78 is 27.1. The fourth-order valence-corrected chi connectivity index (χ4v) is 3.62. The molecule has 0 spiro atoms. The van der Waals surface area contributed by atoms with Gasteiger partial charge in [-0.25, -0.2) is 13.4 Å². The molecule has 3 rings (SSSR count). The molecule has 0 atom stereocenters. The monoisotopic (exact) mass is 364 g/mol. The number of aromatic amines is 1. The van der Waals surface area contributed by atoms with Gasteiger partial charge in [0.05, 0.1) is 15.8 Å². The number of nitrogens with one attached hydrogen (secondary N) is 2. The van der Waals surface area contributed by atoms with Gasteiger partial charge in [0.15, 0.2) is 5.16 Å². The lowest BCUT2D eigenvalue weighted by atomic mass is 10.1. The van der Waals surface area contributed by atoms with E-state index in [1.807, 2.05) is 0 Å². The molecule has 24 heavy (non-hydrogen) atoms. The molecular formula is C15H16N4O3S2. The largest absolute Gasteiger partial charge is 0.506 e. The highest BCUT2D eigenvalue weighted by Crippen LogP contribution is 2.41. The zero-order chi connectivity index (χ0) is 17.3. The molecule has 0 bridgehead atoms. The van der Waals surface area contributed by atoms with Crippen LogP contribution in [0.3, 0.4) is 0 Å². The number of hydrogen-bond acceptors (Lipinski definition) is 6. The van der Waals surface area contributed by atoms with Gasteiger partial charge >= 0.3 is 0 Å². The smallest absolute Gasteiger partial charge is 0.235 e. The zero-order valence-electron chi connectivity index (χ0n) is 13.0. The Morgan fingerprint density at radius 1 is 1.25 bits per heavy atom. The number of hydrogen-bond donors (Lipinski definition) is 3. The second kappa shape index (κ2) is 6.33. The van der Waals surface area contributed by atoms with E-state index >= 15 is 0 Å². The van der Waals surface area contributed by atoms with Crippen molar-refractivity contribution in [2.75, 3.05) is 4.72 Å². The normalized spacial score (nSPS) is 12.0. The number of nitrogens with zero attached hydrogens (tertiary/aromatic N) is 2. The van der Waals surface area contributed by atoms with Crippen LogP contribution in [0.4, 0.5) is 5.69 Å². The fourth-order valence-electron chi connectivity index (χ4n) is 2.12. The van der Waals surface area contributed by atoms with Crippen molar-refractivity contribution in [2.45, 2.75) is 29.1 Å². The predicted molar refractivity (Wildman–Crippen MR) is 93.8 cm³/mol. The Kier molecular flexibility index (Phi) is 4.37.